The van der Waals surface area contributed by atoms with E-state index in [4.69, 9.17) is 22.6 Å². The van der Waals surface area contributed by atoms with E-state index in [-0.39, 0.29) is 0 Å². The van der Waals surface area contributed by atoms with Crippen LogP contribution in [0.15, 0.2) is 24.3 Å². The van der Waals surface area contributed by atoms with Crippen LogP contribution >= 0.6 is 19.2 Å². The minimum Gasteiger partial charge on any atom is -0.373 e. The second-order valence-corrected chi connectivity index (χ2v) is 5.93. The van der Waals surface area contributed by atoms with E-state index in [0.717, 1.165) is 17.8 Å². The summed E-state index contributed by atoms with van der Waals surface area (Å²) in [5, 5.41) is 2.59. The summed E-state index contributed by atoms with van der Waals surface area (Å²) >= 11 is 5.67. The Hall–Kier alpha value is -0.580. The second kappa shape index (κ2) is 6.38. The van der Waals surface area contributed by atoms with Crippen LogP contribution in [-0.2, 0) is 11.1 Å². The Morgan fingerprint density at radius 2 is 1.94 bits per heavy atom. The molecule has 1 rings (SSSR count). The molecule has 17 heavy (non-hydrogen) atoms. The summed E-state index contributed by atoms with van der Waals surface area (Å²) < 4.78 is 11.1. The van der Waals surface area contributed by atoms with E-state index in [1.807, 2.05) is 31.3 Å². The van der Waals surface area contributed by atoms with Gasteiger partial charge in [0.1, 0.15) is 0 Å². The summed E-state index contributed by atoms with van der Waals surface area (Å²) in [6.45, 7) is 1.18. The number of rotatable bonds is 6. The molecule has 1 aromatic carbocycles. The minimum absolute atomic E-state index is 0.393. The molecule has 0 bridgehead atoms. The number of nitrogens with two attached hydrogens (primary N) is 2. The maximum atomic E-state index is 11.1. The fourth-order valence-corrected chi connectivity index (χ4v) is 2.02. The first-order valence-corrected chi connectivity index (χ1v) is 7.59. The molecule has 0 radical (unpaired) electrons. The lowest BCUT2D eigenvalue weighted by Gasteiger charge is -2.18. The molecular formula is C10H18ClN4OP. The van der Waals surface area contributed by atoms with Crippen LogP contribution in [0.3, 0.4) is 0 Å². The standard InChI is InChI=1S/C10H18ClN4OP/c1-15(7-6-11)10-4-2-9(3-5-10)8-14-17(12,13)16/h2-5H,6-8H2,1H3,(H5,12,13,14,16). The van der Waals surface area contributed by atoms with Crippen molar-refractivity contribution in [2.75, 3.05) is 24.4 Å². The first-order valence-electron chi connectivity index (χ1n) is 5.21. The highest BCUT2D eigenvalue weighted by Gasteiger charge is 2.06. The maximum Gasteiger partial charge on any atom is 0.274 e. The van der Waals surface area contributed by atoms with Gasteiger partial charge in [0.2, 0.25) is 0 Å². The van der Waals surface area contributed by atoms with Crippen molar-refractivity contribution in [1.82, 2.24) is 5.09 Å². The smallest absolute Gasteiger partial charge is 0.274 e. The molecule has 0 aliphatic rings. The number of anilines is 1. The summed E-state index contributed by atoms with van der Waals surface area (Å²) in [6.07, 6.45) is 0. The Bertz CT molecular complexity index is 392. The van der Waals surface area contributed by atoms with E-state index in [2.05, 4.69) is 9.99 Å². The van der Waals surface area contributed by atoms with Gasteiger partial charge in [-0.2, -0.15) is 0 Å². The molecule has 7 heteroatoms. The zero-order valence-electron chi connectivity index (χ0n) is 9.77. The molecule has 5 nitrogen and oxygen atoms in total. The maximum absolute atomic E-state index is 11.1. The molecule has 5 N–H and O–H groups in total. The van der Waals surface area contributed by atoms with Crippen LogP contribution < -0.4 is 21.0 Å². The summed E-state index contributed by atoms with van der Waals surface area (Å²) in [4.78, 5) is 2.06. The summed E-state index contributed by atoms with van der Waals surface area (Å²) in [5.41, 5.74) is 12.5. The van der Waals surface area contributed by atoms with E-state index in [0.29, 0.717) is 12.4 Å². The Morgan fingerprint density at radius 3 is 2.41 bits per heavy atom. The topological polar surface area (TPSA) is 84.4 Å². The van der Waals surface area contributed by atoms with Gasteiger partial charge in [-0.1, -0.05) is 12.1 Å². The van der Waals surface area contributed by atoms with Gasteiger partial charge in [0.15, 0.2) is 0 Å². The third-order valence-corrected chi connectivity index (χ3v) is 3.15. The van der Waals surface area contributed by atoms with Crippen molar-refractivity contribution in [1.29, 1.82) is 0 Å². The fourth-order valence-electron chi connectivity index (χ4n) is 1.34. The van der Waals surface area contributed by atoms with Gasteiger partial charge in [0.05, 0.1) is 0 Å². The largest absolute Gasteiger partial charge is 0.373 e. The van der Waals surface area contributed by atoms with Crippen LogP contribution in [0.4, 0.5) is 5.69 Å². The Morgan fingerprint density at radius 1 is 1.35 bits per heavy atom. The molecule has 0 unspecified atom stereocenters. The predicted octanol–water partition coefficient (Wildman–Crippen LogP) is 1.48. The first kappa shape index (κ1) is 14.5. The van der Waals surface area contributed by atoms with Crippen molar-refractivity contribution in [2.45, 2.75) is 6.54 Å². The van der Waals surface area contributed by atoms with E-state index in [1.165, 1.54) is 0 Å². The number of nitrogens with zero attached hydrogens (tertiary/aromatic N) is 1. The first-order chi connectivity index (χ1) is 7.92. The SMILES string of the molecule is CN(CCCl)c1ccc(CNP(N)(N)=O)cc1. The minimum atomic E-state index is -3.15. The van der Waals surface area contributed by atoms with Gasteiger partial charge in [-0.15, -0.1) is 11.6 Å². The quantitative estimate of drug-likeness (QED) is 0.541. The van der Waals surface area contributed by atoms with Crippen LogP contribution in [0.2, 0.25) is 0 Å². The van der Waals surface area contributed by atoms with E-state index < -0.39 is 7.59 Å². The fraction of sp³-hybridized carbons (Fsp3) is 0.400. The Balaban J connectivity index is 2.59. The zero-order valence-corrected chi connectivity index (χ0v) is 11.4. The summed E-state index contributed by atoms with van der Waals surface area (Å²) in [5.74, 6) is 0.587. The summed E-state index contributed by atoms with van der Waals surface area (Å²) in [6, 6.07) is 7.81. The van der Waals surface area contributed by atoms with Gasteiger partial charge in [-0.25, -0.2) is 5.09 Å². The molecule has 0 aromatic heterocycles. The van der Waals surface area contributed by atoms with Crippen molar-refractivity contribution in [3.63, 3.8) is 0 Å². The molecule has 1 aromatic rings. The average Bonchev–Trinajstić information content (AvgIpc) is 2.26. The van der Waals surface area contributed by atoms with Crippen molar-refractivity contribution >= 4 is 24.9 Å². The van der Waals surface area contributed by atoms with Gasteiger partial charge < -0.3 is 4.90 Å². The number of nitrogens with one attached hydrogen (secondary N) is 1. The van der Waals surface area contributed by atoms with E-state index in [9.17, 15) is 4.57 Å². The molecule has 0 saturated carbocycles. The van der Waals surface area contributed by atoms with Crippen LogP contribution in [0.5, 0.6) is 0 Å². The third-order valence-electron chi connectivity index (χ3n) is 2.33. The van der Waals surface area contributed by atoms with Crippen molar-refractivity contribution < 1.29 is 4.57 Å². The average molecular weight is 277 g/mol. The normalized spacial score (nSPS) is 11.5. The number of halogens is 1. The molecule has 0 heterocycles. The number of alkyl halides is 1. The number of hydrogen-bond acceptors (Lipinski definition) is 2. The van der Waals surface area contributed by atoms with Crippen molar-refractivity contribution in [2.24, 2.45) is 11.0 Å². The molecule has 0 aliphatic carbocycles. The number of hydrogen-bond donors (Lipinski definition) is 3. The van der Waals surface area contributed by atoms with Crippen LogP contribution in [0.25, 0.3) is 0 Å². The van der Waals surface area contributed by atoms with Gasteiger partial charge >= 0.3 is 0 Å². The van der Waals surface area contributed by atoms with Gasteiger partial charge in [-0.3, -0.25) is 15.6 Å². The molecular weight excluding hydrogens is 259 g/mol. The molecule has 0 spiro atoms. The van der Waals surface area contributed by atoms with Crippen LogP contribution in [0.1, 0.15) is 5.56 Å². The molecule has 0 amide bonds. The van der Waals surface area contributed by atoms with Crippen LogP contribution in [-0.4, -0.2) is 19.5 Å². The van der Waals surface area contributed by atoms with Crippen LogP contribution in [0, 0.1) is 0 Å². The van der Waals surface area contributed by atoms with Crippen molar-refractivity contribution in [3.8, 4) is 0 Å². The summed E-state index contributed by atoms with van der Waals surface area (Å²) in [7, 11) is -1.17. The highest BCUT2D eigenvalue weighted by molar-refractivity contribution is 7.56. The van der Waals surface area contributed by atoms with E-state index in [1.54, 1.807) is 0 Å². The van der Waals surface area contributed by atoms with Gasteiger partial charge in [-0.05, 0) is 17.7 Å². The molecule has 96 valence electrons. The monoisotopic (exact) mass is 276 g/mol. The third kappa shape index (κ3) is 5.52. The number of benzene rings is 1. The highest BCUT2D eigenvalue weighted by atomic mass is 35.5. The molecule has 0 saturated heterocycles. The Labute approximate surface area is 107 Å². The Kier molecular flexibility index (Phi) is 5.43. The molecule has 0 atom stereocenters. The lowest BCUT2D eigenvalue weighted by molar-refractivity contribution is 0.566. The van der Waals surface area contributed by atoms with E-state index >= 15 is 0 Å². The second-order valence-electron chi connectivity index (χ2n) is 3.82. The molecule has 0 aliphatic heterocycles. The van der Waals surface area contributed by atoms with Gasteiger partial charge in [0.25, 0.3) is 7.59 Å². The lowest BCUT2D eigenvalue weighted by atomic mass is 10.2. The predicted molar refractivity (Wildman–Crippen MR) is 73.3 cm³/mol. The zero-order chi connectivity index (χ0) is 12.9. The van der Waals surface area contributed by atoms with Crippen molar-refractivity contribution in [3.05, 3.63) is 29.8 Å². The van der Waals surface area contributed by atoms with Gasteiger partial charge in [0, 0.05) is 31.7 Å². The lowest BCUT2D eigenvalue weighted by Crippen LogP contribution is -2.22. The highest BCUT2D eigenvalue weighted by Crippen LogP contribution is 2.19. The molecule has 0 fully saturated rings.